The Kier molecular flexibility index (Phi) is 7.40. The van der Waals surface area contributed by atoms with E-state index in [1.165, 1.54) is 0 Å². The molecule has 0 fully saturated rings. The van der Waals surface area contributed by atoms with Crippen molar-refractivity contribution in [3.05, 3.63) is 0 Å². The second-order valence-electron chi connectivity index (χ2n) is 2.95. The summed E-state index contributed by atoms with van der Waals surface area (Å²) in [6, 6.07) is -0.434. The van der Waals surface area contributed by atoms with Crippen LogP contribution in [0.1, 0.15) is 26.2 Å². The lowest BCUT2D eigenvalue weighted by atomic mass is 10.1. The summed E-state index contributed by atoms with van der Waals surface area (Å²) in [6.45, 7) is 1.93. The molecule has 1 atom stereocenters. The molecule has 0 bridgehead atoms. The quantitative estimate of drug-likeness (QED) is 0.524. The summed E-state index contributed by atoms with van der Waals surface area (Å²) in [4.78, 5) is 31.4. The highest BCUT2D eigenvalue weighted by molar-refractivity contribution is 5.82. The van der Waals surface area contributed by atoms with Gasteiger partial charge < -0.3 is 15.4 Å². The molecule has 0 radical (unpaired) electrons. The maximum absolute atomic E-state index is 11.0. The summed E-state index contributed by atoms with van der Waals surface area (Å²) in [5, 5.41) is 4.73. The van der Waals surface area contributed by atoms with Crippen molar-refractivity contribution in [2.45, 2.75) is 32.2 Å². The van der Waals surface area contributed by atoms with Gasteiger partial charge in [0.05, 0.1) is 12.6 Å². The molecule has 0 unspecified atom stereocenters. The Labute approximate surface area is 83.2 Å². The van der Waals surface area contributed by atoms with Gasteiger partial charge >= 0.3 is 0 Å². The van der Waals surface area contributed by atoms with E-state index < -0.39 is 6.04 Å². The predicted molar refractivity (Wildman–Crippen MR) is 51.6 cm³/mol. The van der Waals surface area contributed by atoms with Gasteiger partial charge in [0, 0.05) is 0 Å². The minimum atomic E-state index is -0.434. The largest absolute Gasteiger partial charge is 0.350 e. The molecule has 2 amide bonds. The highest BCUT2D eigenvalue weighted by atomic mass is 16.2. The van der Waals surface area contributed by atoms with Crippen molar-refractivity contribution in [3.63, 3.8) is 0 Å². The SMILES string of the molecule is CCCC[C@@H](C=O)NC(=O)CNC=O. The van der Waals surface area contributed by atoms with Gasteiger partial charge in [-0.15, -0.1) is 0 Å². The van der Waals surface area contributed by atoms with Crippen LogP contribution in [0.15, 0.2) is 0 Å². The Balaban J connectivity index is 3.73. The van der Waals surface area contributed by atoms with Crippen molar-refractivity contribution in [2.75, 3.05) is 6.54 Å². The lowest BCUT2D eigenvalue weighted by Gasteiger charge is -2.11. The van der Waals surface area contributed by atoms with Gasteiger partial charge in [-0.3, -0.25) is 9.59 Å². The van der Waals surface area contributed by atoms with Crippen LogP contribution < -0.4 is 10.6 Å². The third-order valence-corrected chi connectivity index (χ3v) is 1.73. The van der Waals surface area contributed by atoms with Crippen molar-refractivity contribution in [1.82, 2.24) is 10.6 Å². The average Bonchev–Trinajstić information content (AvgIpc) is 2.21. The molecule has 0 aliphatic rings. The number of aldehydes is 1. The molecule has 0 heterocycles. The van der Waals surface area contributed by atoms with Crippen molar-refractivity contribution in [1.29, 1.82) is 0 Å². The summed E-state index contributed by atoms with van der Waals surface area (Å²) in [7, 11) is 0. The van der Waals surface area contributed by atoms with E-state index in [1.807, 2.05) is 6.92 Å². The van der Waals surface area contributed by atoms with Crippen LogP contribution in [0.25, 0.3) is 0 Å². The zero-order valence-corrected chi connectivity index (χ0v) is 8.29. The molecule has 2 N–H and O–H groups in total. The smallest absolute Gasteiger partial charge is 0.239 e. The van der Waals surface area contributed by atoms with Crippen LogP contribution >= 0.6 is 0 Å². The standard InChI is InChI=1S/C9H16N2O3/c1-2-3-4-8(6-12)11-9(14)5-10-7-13/h6-8H,2-5H2,1H3,(H,10,13)(H,11,14)/t8-/m0/s1. The van der Waals surface area contributed by atoms with Crippen LogP contribution in [0.4, 0.5) is 0 Å². The highest BCUT2D eigenvalue weighted by Gasteiger charge is 2.09. The Morgan fingerprint density at radius 2 is 2.14 bits per heavy atom. The molecule has 0 saturated heterocycles. The highest BCUT2D eigenvalue weighted by Crippen LogP contribution is 1.97. The number of nitrogens with one attached hydrogen (secondary N) is 2. The lowest BCUT2D eigenvalue weighted by molar-refractivity contribution is -0.124. The van der Waals surface area contributed by atoms with E-state index in [0.717, 1.165) is 12.8 Å². The van der Waals surface area contributed by atoms with Crippen LogP contribution in [0.5, 0.6) is 0 Å². The lowest BCUT2D eigenvalue weighted by Crippen LogP contribution is -2.40. The molecule has 14 heavy (non-hydrogen) atoms. The molecule has 0 spiro atoms. The van der Waals surface area contributed by atoms with Gasteiger partial charge in [-0.2, -0.15) is 0 Å². The van der Waals surface area contributed by atoms with Gasteiger partial charge in [0.25, 0.3) is 0 Å². The molecular weight excluding hydrogens is 184 g/mol. The summed E-state index contributed by atoms with van der Waals surface area (Å²) >= 11 is 0. The first-order chi connectivity index (χ1) is 6.74. The maximum Gasteiger partial charge on any atom is 0.239 e. The van der Waals surface area contributed by atoms with Crippen LogP contribution in [-0.2, 0) is 14.4 Å². The van der Waals surface area contributed by atoms with Crippen molar-refractivity contribution in [2.24, 2.45) is 0 Å². The molecule has 0 aromatic rings. The third-order valence-electron chi connectivity index (χ3n) is 1.73. The van der Waals surface area contributed by atoms with Gasteiger partial charge in [-0.25, -0.2) is 0 Å². The molecule has 0 rings (SSSR count). The van der Waals surface area contributed by atoms with Crippen molar-refractivity contribution in [3.8, 4) is 0 Å². The van der Waals surface area contributed by atoms with Crippen molar-refractivity contribution >= 4 is 18.6 Å². The van der Waals surface area contributed by atoms with Crippen molar-refractivity contribution < 1.29 is 14.4 Å². The minimum absolute atomic E-state index is 0.0834. The second-order valence-corrected chi connectivity index (χ2v) is 2.95. The van der Waals surface area contributed by atoms with E-state index >= 15 is 0 Å². The van der Waals surface area contributed by atoms with E-state index in [2.05, 4.69) is 10.6 Å². The first-order valence-corrected chi connectivity index (χ1v) is 4.66. The third kappa shape index (κ3) is 6.16. The van der Waals surface area contributed by atoms with E-state index in [9.17, 15) is 14.4 Å². The Bertz CT molecular complexity index is 194. The zero-order valence-electron chi connectivity index (χ0n) is 8.29. The fraction of sp³-hybridized carbons (Fsp3) is 0.667. The first-order valence-electron chi connectivity index (χ1n) is 4.66. The number of carbonyl (C=O) groups is 3. The summed E-state index contributed by atoms with van der Waals surface area (Å²) in [5.74, 6) is -0.342. The number of unbranched alkanes of at least 4 members (excludes halogenated alkanes) is 1. The Morgan fingerprint density at radius 3 is 2.64 bits per heavy atom. The van der Waals surface area contributed by atoms with E-state index in [4.69, 9.17) is 0 Å². The number of hydrogen-bond acceptors (Lipinski definition) is 3. The Hall–Kier alpha value is -1.39. The molecule has 0 aromatic heterocycles. The van der Waals surface area contributed by atoms with Crippen LogP contribution in [0.2, 0.25) is 0 Å². The summed E-state index contributed by atoms with van der Waals surface area (Å²) in [6.07, 6.45) is 3.68. The minimum Gasteiger partial charge on any atom is -0.350 e. The van der Waals surface area contributed by atoms with Gasteiger partial charge in [0.1, 0.15) is 6.29 Å². The van der Waals surface area contributed by atoms with Crippen LogP contribution in [0.3, 0.4) is 0 Å². The number of amides is 2. The van der Waals surface area contributed by atoms with Crippen LogP contribution in [-0.4, -0.2) is 31.2 Å². The molecule has 5 heteroatoms. The monoisotopic (exact) mass is 200 g/mol. The predicted octanol–water partition coefficient (Wildman–Crippen LogP) is -0.394. The number of rotatable bonds is 8. The zero-order chi connectivity index (χ0) is 10.8. The summed E-state index contributed by atoms with van der Waals surface area (Å²) < 4.78 is 0. The normalized spacial score (nSPS) is 11.5. The molecule has 0 saturated carbocycles. The number of hydrogen-bond donors (Lipinski definition) is 2. The molecule has 5 nitrogen and oxygen atoms in total. The topological polar surface area (TPSA) is 75.3 Å². The second kappa shape index (κ2) is 8.22. The van der Waals surface area contributed by atoms with Gasteiger partial charge in [-0.1, -0.05) is 19.8 Å². The first kappa shape index (κ1) is 12.6. The fourth-order valence-electron chi connectivity index (χ4n) is 0.990. The van der Waals surface area contributed by atoms with E-state index in [-0.39, 0.29) is 12.5 Å². The average molecular weight is 200 g/mol. The van der Waals surface area contributed by atoms with E-state index in [1.54, 1.807) is 0 Å². The Morgan fingerprint density at radius 1 is 1.43 bits per heavy atom. The number of carbonyl (C=O) groups excluding carboxylic acids is 3. The van der Waals surface area contributed by atoms with Gasteiger partial charge in [0.15, 0.2) is 0 Å². The van der Waals surface area contributed by atoms with Gasteiger partial charge in [-0.05, 0) is 6.42 Å². The van der Waals surface area contributed by atoms with E-state index in [0.29, 0.717) is 19.1 Å². The fourth-order valence-corrected chi connectivity index (χ4v) is 0.990. The molecule has 0 aliphatic carbocycles. The maximum atomic E-state index is 11.0. The molecule has 80 valence electrons. The summed E-state index contributed by atoms with van der Waals surface area (Å²) in [5.41, 5.74) is 0. The molecular formula is C9H16N2O3. The molecule has 0 aromatic carbocycles. The van der Waals surface area contributed by atoms with Gasteiger partial charge in [0.2, 0.25) is 12.3 Å². The van der Waals surface area contributed by atoms with Crippen LogP contribution in [0, 0.1) is 0 Å². The molecule has 0 aliphatic heterocycles.